The molecule has 2 aromatic rings. The highest BCUT2D eigenvalue weighted by Crippen LogP contribution is 2.34. The Morgan fingerprint density at radius 2 is 1.96 bits per heavy atom. The van der Waals surface area contributed by atoms with E-state index in [-0.39, 0.29) is 5.02 Å². The monoisotopic (exact) mass is 402 g/mol. The van der Waals surface area contributed by atoms with Gasteiger partial charge in [0.05, 0.1) is 5.02 Å². The number of carbonyl (C=O) groups is 1. The van der Waals surface area contributed by atoms with Crippen LogP contribution in [-0.4, -0.2) is 24.7 Å². The first-order chi connectivity index (χ1) is 13.5. The summed E-state index contributed by atoms with van der Waals surface area (Å²) < 4.78 is 19.1. The molecule has 2 unspecified atom stereocenters. The fraction of sp³-hybridized carbons (Fsp3) is 0.409. The van der Waals surface area contributed by atoms with Crippen molar-refractivity contribution >= 4 is 17.7 Å². The van der Waals surface area contributed by atoms with Gasteiger partial charge < -0.3 is 15.4 Å². The molecule has 2 aliphatic rings. The summed E-state index contributed by atoms with van der Waals surface area (Å²) in [6, 6.07) is 11.2. The molecule has 0 saturated carbocycles. The van der Waals surface area contributed by atoms with Crippen LogP contribution in [0.15, 0.2) is 36.4 Å². The van der Waals surface area contributed by atoms with Crippen molar-refractivity contribution in [3.63, 3.8) is 0 Å². The van der Waals surface area contributed by atoms with Crippen molar-refractivity contribution in [2.75, 3.05) is 6.54 Å². The van der Waals surface area contributed by atoms with E-state index in [9.17, 15) is 9.18 Å². The first kappa shape index (κ1) is 19.2. The largest absolute Gasteiger partial charge is 0.412 e. The lowest BCUT2D eigenvalue weighted by atomic mass is 9.92. The van der Waals surface area contributed by atoms with E-state index in [0.29, 0.717) is 41.4 Å². The molecule has 0 spiro atoms. The Hall–Kier alpha value is -2.11. The van der Waals surface area contributed by atoms with Crippen LogP contribution in [0.1, 0.15) is 31.2 Å². The molecule has 28 heavy (non-hydrogen) atoms. The highest BCUT2D eigenvalue weighted by atomic mass is 35.5. The summed E-state index contributed by atoms with van der Waals surface area (Å²) in [5.41, 5.74) is 2.36. The minimum Gasteiger partial charge on any atom is -0.410 e. The number of amides is 1. The summed E-state index contributed by atoms with van der Waals surface area (Å²) in [4.78, 5) is 12.4. The van der Waals surface area contributed by atoms with Crippen molar-refractivity contribution in [1.82, 2.24) is 10.6 Å². The first-order valence-electron chi connectivity index (χ1n) is 9.76. The van der Waals surface area contributed by atoms with E-state index >= 15 is 0 Å². The van der Waals surface area contributed by atoms with Gasteiger partial charge in [-0.15, -0.1) is 0 Å². The van der Waals surface area contributed by atoms with Crippen molar-refractivity contribution in [1.29, 1.82) is 0 Å². The Labute approximate surface area is 169 Å². The van der Waals surface area contributed by atoms with E-state index in [4.69, 9.17) is 16.3 Å². The van der Waals surface area contributed by atoms with Gasteiger partial charge in [0.2, 0.25) is 0 Å². The molecule has 4 rings (SSSR count). The number of fused-ring (bicyclic) bond motifs is 2. The lowest BCUT2D eigenvalue weighted by Crippen LogP contribution is -2.42. The number of piperidine rings is 1. The van der Waals surface area contributed by atoms with Crippen molar-refractivity contribution < 1.29 is 13.9 Å². The van der Waals surface area contributed by atoms with Gasteiger partial charge in [-0.3, -0.25) is 0 Å². The third-order valence-corrected chi connectivity index (χ3v) is 5.97. The second-order valence-electron chi connectivity index (χ2n) is 7.87. The number of hydrogen-bond donors (Lipinski definition) is 2. The van der Waals surface area contributed by atoms with Crippen LogP contribution in [0.25, 0.3) is 11.1 Å². The van der Waals surface area contributed by atoms with Crippen LogP contribution in [0.4, 0.5) is 9.18 Å². The number of halogens is 2. The molecule has 2 N–H and O–H groups in total. The van der Waals surface area contributed by atoms with Crippen molar-refractivity contribution in [2.24, 2.45) is 5.92 Å². The number of carbonyl (C=O) groups excluding carboxylic acids is 1. The Balaban J connectivity index is 1.44. The maximum Gasteiger partial charge on any atom is 0.412 e. The Bertz CT molecular complexity index is 877. The maximum absolute atomic E-state index is 13.5. The summed E-state index contributed by atoms with van der Waals surface area (Å²) in [6.07, 6.45) is 4.20. The average molecular weight is 403 g/mol. The van der Waals surface area contributed by atoms with Gasteiger partial charge in [-0.1, -0.05) is 29.8 Å². The molecule has 2 heterocycles. The van der Waals surface area contributed by atoms with Gasteiger partial charge in [0.25, 0.3) is 0 Å². The average Bonchev–Trinajstić information content (AvgIpc) is 3.01. The summed E-state index contributed by atoms with van der Waals surface area (Å²) in [5, 5.41) is 6.56. The minimum absolute atomic E-state index is 0.0361. The quantitative estimate of drug-likeness (QED) is 0.750. The van der Waals surface area contributed by atoms with E-state index < -0.39 is 11.9 Å². The first-order valence-corrected chi connectivity index (χ1v) is 10.1. The molecular formula is C22H24ClFN2O2. The zero-order valence-corrected chi connectivity index (χ0v) is 16.6. The van der Waals surface area contributed by atoms with Crippen molar-refractivity contribution in [2.45, 2.75) is 44.7 Å². The standard InChI is InChI=1S/C22H24ClFN2O2/c1-13-2-6-18(15-3-7-20(24)19(23)11-15)21(8-13)28-22(27)25-12-14-9-16-4-5-17(10-14)26-16/h2-3,6-8,11,14,16-17,26H,4-5,9-10,12H2,1H3,(H,25,27). The summed E-state index contributed by atoms with van der Waals surface area (Å²) in [7, 11) is 0. The number of ether oxygens (including phenoxy) is 1. The third kappa shape index (κ3) is 4.31. The summed E-state index contributed by atoms with van der Waals surface area (Å²) in [5.74, 6) is 0.443. The van der Waals surface area contributed by atoms with Gasteiger partial charge in [0.1, 0.15) is 11.6 Å². The van der Waals surface area contributed by atoms with Crippen LogP contribution in [0.2, 0.25) is 5.02 Å². The minimum atomic E-state index is -0.478. The highest BCUT2D eigenvalue weighted by molar-refractivity contribution is 6.31. The van der Waals surface area contributed by atoms with Gasteiger partial charge >= 0.3 is 6.09 Å². The van der Waals surface area contributed by atoms with Crippen LogP contribution in [0.3, 0.4) is 0 Å². The smallest absolute Gasteiger partial charge is 0.410 e. The summed E-state index contributed by atoms with van der Waals surface area (Å²) >= 11 is 5.92. The normalized spacial score (nSPS) is 23.5. The van der Waals surface area contributed by atoms with E-state index in [1.165, 1.54) is 25.0 Å². The van der Waals surface area contributed by atoms with Crippen molar-refractivity contribution in [3.8, 4) is 16.9 Å². The van der Waals surface area contributed by atoms with Crippen LogP contribution < -0.4 is 15.4 Å². The maximum atomic E-state index is 13.5. The number of rotatable bonds is 4. The third-order valence-electron chi connectivity index (χ3n) is 5.68. The van der Waals surface area contributed by atoms with Crippen LogP contribution in [0, 0.1) is 18.7 Å². The van der Waals surface area contributed by atoms with Gasteiger partial charge in [0, 0.05) is 24.2 Å². The molecule has 2 bridgehead atoms. The highest BCUT2D eigenvalue weighted by Gasteiger charge is 2.33. The molecule has 6 heteroatoms. The van der Waals surface area contributed by atoms with Crippen molar-refractivity contribution in [3.05, 3.63) is 52.8 Å². The predicted molar refractivity (Wildman–Crippen MR) is 108 cm³/mol. The van der Waals surface area contributed by atoms with Gasteiger partial charge in [-0.25, -0.2) is 9.18 Å². The van der Waals surface area contributed by atoms with E-state index in [0.717, 1.165) is 18.4 Å². The summed E-state index contributed by atoms with van der Waals surface area (Å²) in [6.45, 7) is 2.55. The van der Waals surface area contributed by atoms with Gasteiger partial charge in [-0.05, 0) is 67.9 Å². The lowest BCUT2D eigenvalue weighted by molar-refractivity contribution is 0.195. The van der Waals surface area contributed by atoms with E-state index in [1.807, 2.05) is 19.1 Å². The molecule has 148 valence electrons. The topological polar surface area (TPSA) is 50.4 Å². The molecule has 4 nitrogen and oxygen atoms in total. The molecule has 0 aliphatic carbocycles. The number of nitrogens with one attached hydrogen (secondary N) is 2. The molecular weight excluding hydrogens is 379 g/mol. The molecule has 0 radical (unpaired) electrons. The van der Waals surface area contributed by atoms with Gasteiger partial charge in [-0.2, -0.15) is 0 Å². The molecule has 2 aliphatic heterocycles. The zero-order valence-electron chi connectivity index (χ0n) is 15.8. The SMILES string of the molecule is Cc1ccc(-c2ccc(F)c(Cl)c2)c(OC(=O)NCC2CC3CCC(C2)N3)c1. The number of hydrogen-bond acceptors (Lipinski definition) is 3. The molecule has 0 aromatic heterocycles. The van der Waals surface area contributed by atoms with Gasteiger partial charge in [0.15, 0.2) is 0 Å². The number of benzene rings is 2. The second-order valence-corrected chi connectivity index (χ2v) is 8.28. The van der Waals surface area contributed by atoms with Crippen LogP contribution in [0.5, 0.6) is 5.75 Å². The molecule has 2 fully saturated rings. The lowest BCUT2D eigenvalue weighted by Gasteiger charge is -2.29. The molecule has 2 saturated heterocycles. The Morgan fingerprint density at radius 3 is 2.68 bits per heavy atom. The van der Waals surface area contributed by atoms with E-state index in [2.05, 4.69) is 10.6 Å². The van der Waals surface area contributed by atoms with Crippen LogP contribution >= 0.6 is 11.6 Å². The second kappa shape index (κ2) is 8.10. The number of aryl methyl sites for hydroxylation is 1. The van der Waals surface area contributed by atoms with E-state index in [1.54, 1.807) is 12.1 Å². The zero-order chi connectivity index (χ0) is 19.7. The fourth-order valence-electron chi connectivity index (χ4n) is 4.32. The fourth-order valence-corrected chi connectivity index (χ4v) is 4.50. The predicted octanol–water partition coefficient (Wildman–Crippen LogP) is 5.07. The Morgan fingerprint density at radius 1 is 1.21 bits per heavy atom. The molecule has 2 atom stereocenters. The Kier molecular flexibility index (Phi) is 5.56. The molecule has 2 aromatic carbocycles. The molecule has 1 amide bonds. The van der Waals surface area contributed by atoms with Crippen LogP contribution in [-0.2, 0) is 0 Å².